The number of hydrogen-bond donors (Lipinski definition) is 1. The van der Waals surface area contributed by atoms with Gasteiger partial charge < -0.3 is 10.1 Å². The molecular formula is C17H14ClN3O5. The number of nitrogens with one attached hydrogen (secondary N) is 1. The number of amides is 1. The van der Waals surface area contributed by atoms with Gasteiger partial charge in [0.05, 0.1) is 15.5 Å². The third-order valence-corrected chi connectivity index (χ3v) is 3.40. The molecule has 0 saturated carbocycles. The lowest BCUT2D eigenvalue weighted by molar-refractivity contribution is -0.385. The number of aromatic nitrogens is 1. The second kappa shape index (κ2) is 8.72. The fraction of sp³-hybridized carbons (Fsp3) is 0.118. The lowest BCUT2D eigenvalue weighted by atomic mass is 10.1. The fourth-order valence-electron chi connectivity index (χ4n) is 1.90. The topological polar surface area (TPSA) is 111 Å². The number of nitrogens with zero attached hydrogens (tertiary/aromatic N) is 2. The Hall–Kier alpha value is -3.26. The highest BCUT2D eigenvalue weighted by Crippen LogP contribution is 2.19. The molecule has 0 unspecified atom stereocenters. The highest BCUT2D eigenvalue weighted by Gasteiger charge is 2.17. The third-order valence-electron chi connectivity index (χ3n) is 3.17. The van der Waals surface area contributed by atoms with E-state index in [0.29, 0.717) is 5.02 Å². The van der Waals surface area contributed by atoms with Gasteiger partial charge in [-0.25, -0.2) is 9.78 Å². The minimum absolute atomic E-state index is 0.142. The molecule has 1 aromatic heterocycles. The zero-order chi connectivity index (χ0) is 19.1. The molecule has 2 aromatic rings. The molecule has 26 heavy (non-hydrogen) atoms. The molecule has 134 valence electrons. The SMILES string of the molecule is C[C@@H](OC(=O)/C=C/c1ccccc1[N+](=O)[O-])C(=O)Nc1ccc(Cl)cn1. The summed E-state index contributed by atoms with van der Waals surface area (Å²) in [6, 6.07) is 8.99. The number of nitro benzene ring substituents is 1. The maximum Gasteiger partial charge on any atom is 0.331 e. The smallest absolute Gasteiger partial charge is 0.331 e. The number of carbonyl (C=O) groups excluding carboxylic acids is 2. The van der Waals surface area contributed by atoms with Crippen LogP contribution in [0.5, 0.6) is 0 Å². The molecule has 0 spiro atoms. The number of anilines is 1. The summed E-state index contributed by atoms with van der Waals surface area (Å²) in [6.45, 7) is 1.39. The van der Waals surface area contributed by atoms with E-state index in [2.05, 4.69) is 10.3 Å². The number of hydrogen-bond acceptors (Lipinski definition) is 6. The lowest BCUT2D eigenvalue weighted by Crippen LogP contribution is -2.29. The summed E-state index contributed by atoms with van der Waals surface area (Å²) in [5, 5.41) is 13.8. The van der Waals surface area contributed by atoms with E-state index in [1.54, 1.807) is 12.1 Å². The number of esters is 1. The maximum absolute atomic E-state index is 12.0. The van der Waals surface area contributed by atoms with Gasteiger partial charge in [0.25, 0.3) is 11.6 Å². The Balaban J connectivity index is 1.95. The molecule has 1 atom stereocenters. The first kappa shape index (κ1) is 19.1. The predicted octanol–water partition coefficient (Wildman–Crippen LogP) is 3.23. The Bertz CT molecular complexity index is 852. The summed E-state index contributed by atoms with van der Waals surface area (Å²) >= 11 is 5.70. The standard InChI is InChI=1S/C17H14ClN3O5/c1-11(17(23)20-15-8-7-13(18)10-19-15)26-16(22)9-6-12-4-2-3-5-14(12)21(24)25/h2-11H,1H3,(H,19,20,23)/b9-6+/t11-/m1/s1. The molecule has 0 fully saturated rings. The number of pyridine rings is 1. The number of ether oxygens (including phenoxy) is 1. The molecule has 1 heterocycles. The van der Waals surface area contributed by atoms with Crippen LogP contribution < -0.4 is 5.32 Å². The van der Waals surface area contributed by atoms with Crippen LogP contribution in [0.2, 0.25) is 5.02 Å². The summed E-state index contributed by atoms with van der Waals surface area (Å²) in [6.07, 6.45) is 2.55. The Kier molecular flexibility index (Phi) is 6.40. The molecule has 2 rings (SSSR count). The average molecular weight is 376 g/mol. The number of para-hydroxylation sites is 1. The van der Waals surface area contributed by atoms with Gasteiger partial charge in [-0.1, -0.05) is 23.7 Å². The van der Waals surface area contributed by atoms with Crippen LogP contribution in [0.3, 0.4) is 0 Å². The first-order chi connectivity index (χ1) is 12.4. The van der Waals surface area contributed by atoms with Gasteiger partial charge in [-0.05, 0) is 31.2 Å². The van der Waals surface area contributed by atoms with Gasteiger partial charge in [0.15, 0.2) is 6.10 Å². The molecule has 0 radical (unpaired) electrons. The normalized spacial score (nSPS) is 11.8. The van der Waals surface area contributed by atoms with Crippen molar-refractivity contribution in [2.75, 3.05) is 5.32 Å². The molecule has 0 aliphatic heterocycles. The fourth-order valence-corrected chi connectivity index (χ4v) is 2.01. The van der Waals surface area contributed by atoms with Gasteiger partial charge in [-0.15, -0.1) is 0 Å². The average Bonchev–Trinajstić information content (AvgIpc) is 2.62. The Labute approximate surface area is 153 Å². The summed E-state index contributed by atoms with van der Waals surface area (Å²) < 4.78 is 4.97. The minimum Gasteiger partial charge on any atom is -0.449 e. The van der Waals surface area contributed by atoms with Crippen LogP contribution in [0.15, 0.2) is 48.7 Å². The van der Waals surface area contributed by atoms with Crippen LogP contribution in [0.1, 0.15) is 12.5 Å². The van der Waals surface area contributed by atoms with Crippen molar-refractivity contribution in [1.82, 2.24) is 4.98 Å². The van der Waals surface area contributed by atoms with Gasteiger partial charge in [0.2, 0.25) is 0 Å². The second-order valence-electron chi connectivity index (χ2n) is 5.08. The molecule has 0 aliphatic rings. The summed E-state index contributed by atoms with van der Waals surface area (Å²) in [5.74, 6) is -1.13. The molecule has 0 bridgehead atoms. The molecule has 9 heteroatoms. The van der Waals surface area contributed by atoms with E-state index in [4.69, 9.17) is 16.3 Å². The van der Waals surface area contributed by atoms with Crippen LogP contribution in [-0.2, 0) is 14.3 Å². The third kappa shape index (κ3) is 5.38. The predicted molar refractivity (Wildman–Crippen MR) is 95.6 cm³/mol. The van der Waals surface area contributed by atoms with Gasteiger partial charge in [0, 0.05) is 18.3 Å². The van der Waals surface area contributed by atoms with E-state index in [1.165, 1.54) is 43.5 Å². The molecule has 1 amide bonds. The minimum atomic E-state index is -1.09. The Morgan fingerprint density at radius 3 is 2.69 bits per heavy atom. The van der Waals surface area contributed by atoms with Crippen molar-refractivity contribution in [2.45, 2.75) is 13.0 Å². The first-order valence-electron chi connectivity index (χ1n) is 7.41. The van der Waals surface area contributed by atoms with Crippen LogP contribution in [0, 0.1) is 10.1 Å². The molecule has 8 nitrogen and oxygen atoms in total. The van der Waals surface area contributed by atoms with Crippen LogP contribution in [0.25, 0.3) is 6.08 Å². The second-order valence-corrected chi connectivity index (χ2v) is 5.52. The highest BCUT2D eigenvalue weighted by molar-refractivity contribution is 6.30. The van der Waals surface area contributed by atoms with E-state index in [0.717, 1.165) is 6.08 Å². The van der Waals surface area contributed by atoms with Crippen molar-refractivity contribution in [2.24, 2.45) is 0 Å². The first-order valence-corrected chi connectivity index (χ1v) is 7.79. The van der Waals surface area contributed by atoms with E-state index in [9.17, 15) is 19.7 Å². The quantitative estimate of drug-likeness (QED) is 0.359. The van der Waals surface area contributed by atoms with Crippen LogP contribution >= 0.6 is 11.6 Å². The Morgan fingerprint density at radius 2 is 2.04 bits per heavy atom. The van der Waals surface area contributed by atoms with E-state index in [-0.39, 0.29) is 17.1 Å². The highest BCUT2D eigenvalue weighted by atomic mass is 35.5. The maximum atomic E-state index is 12.0. The summed E-state index contributed by atoms with van der Waals surface area (Å²) in [4.78, 5) is 38.1. The molecule has 0 saturated heterocycles. The van der Waals surface area contributed by atoms with Crippen molar-refractivity contribution in [3.8, 4) is 0 Å². The number of benzene rings is 1. The van der Waals surface area contributed by atoms with E-state index in [1.807, 2.05) is 0 Å². The molecular weight excluding hydrogens is 362 g/mol. The van der Waals surface area contributed by atoms with E-state index >= 15 is 0 Å². The lowest BCUT2D eigenvalue weighted by Gasteiger charge is -2.11. The molecule has 1 aromatic carbocycles. The van der Waals surface area contributed by atoms with Gasteiger partial charge in [0.1, 0.15) is 5.82 Å². The van der Waals surface area contributed by atoms with Crippen molar-refractivity contribution in [1.29, 1.82) is 0 Å². The van der Waals surface area contributed by atoms with Gasteiger partial charge >= 0.3 is 5.97 Å². The summed E-state index contributed by atoms with van der Waals surface area (Å²) in [5.41, 5.74) is 0.105. The van der Waals surface area contributed by atoms with Crippen molar-refractivity contribution >= 4 is 41.1 Å². The number of rotatable bonds is 6. The van der Waals surface area contributed by atoms with Gasteiger partial charge in [-0.2, -0.15) is 0 Å². The van der Waals surface area contributed by atoms with Crippen molar-refractivity contribution in [3.05, 3.63) is 69.4 Å². The van der Waals surface area contributed by atoms with Gasteiger partial charge in [-0.3, -0.25) is 14.9 Å². The number of halogens is 1. The molecule has 0 aliphatic carbocycles. The number of nitro groups is 1. The van der Waals surface area contributed by atoms with Crippen molar-refractivity contribution in [3.63, 3.8) is 0 Å². The summed E-state index contributed by atoms with van der Waals surface area (Å²) in [7, 11) is 0. The monoisotopic (exact) mass is 375 g/mol. The molecule has 1 N–H and O–H groups in total. The largest absolute Gasteiger partial charge is 0.449 e. The zero-order valence-corrected chi connectivity index (χ0v) is 14.3. The zero-order valence-electron chi connectivity index (χ0n) is 13.6. The van der Waals surface area contributed by atoms with E-state index < -0.39 is 22.9 Å². The number of carbonyl (C=O) groups is 2. The van der Waals surface area contributed by atoms with Crippen LogP contribution in [0.4, 0.5) is 11.5 Å². The van der Waals surface area contributed by atoms with Crippen molar-refractivity contribution < 1.29 is 19.2 Å². The van der Waals surface area contributed by atoms with Crippen LogP contribution in [-0.4, -0.2) is 27.9 Å². The Morgan fingerprint density at radius 1 is 1.31 bits per heavy atom.